The van der Waals surface area contributed by atoms with Crippen LogP contribution in [0, 0.1) is 12.8 Å². The lowest BCUT2D eigenvalue weighted by molar-refractivity contribution is 0.202. The van der Waals surface area contributed by atoms with Gasteiger partial charge in [-0.25, -0.2) is 8.42 Å². The smallest absolute Gasteiger partial charge is 0.244 e. The lowest BCUT2D eigenvalue weighted by Gasteiger charge is -2.36. The van der Waals surface area contributed by atoms with Gasteiger partial charge in [-0.1, -0.05) is 6.92 Å². The van der Waals surface area contributed by atoms with E-state index in [1.165, 1.54) is 0 Å². The largest absolute Gasteiger partial charge is 0.315 e. The highest BCUT2D eigenvalue weighted by Gasteiger charge is 2.35. The van der Waals surface area contributed by atoms with E-state index in [1.807, 2.05) is 27.0 Å². The predicted octanol–water partition coefficient (Wildman–Crippen LogP) is 2.59. The van der Waals surface area contributed by atoms with Gasteiger partial charge in [-0.15, -0.1) is 11.3 Å². The summed E-state index contributed by atoms with van der Waals surface area (Å²) in [6, 6.07) is 1.92. The summed E-state index contributed by atoms with van der Waals surface area (Å²) in [4.78, 5) is 2.45. The molecule has 114 valence electrons. The molecule has 4 nitrogen and oxygen atoms in total. The number of nitrogens with one attached hydrogen (secondary N) is 1. The average molecular weight is 316 g/mol. The number of piperidine rings is 1. The topological polar surface area (TPSA) is 49.4 Å². The molecule has 0 spiro atoms. The highest BCUT2D eigenvalue weighted by Crippen LogP contribution is 2.33. The summed E-state index contributed by atoms with van der Waals surface area (Å²) < 4.78 is 27.5. The molecule has 2 atom stereocenters. The van der Waals surface area contributed by atoms with E-state index in [9.17, 15) is 8.42 Å². The van der Waals surface area contributed by atoms with Crippen LogP contribution < -0.4 is 5.32 Å². The Balaban J connectivity index is 2.34. The second-order valence-electron chi connectivity index (χ2n) is 5.64. The molecule has 1 aliphatic heterocycles. The van der Waals surface area contributed by atoms with Crippen molar-refractivity contribution >= 4 is 21.4 Å². The SMILES string of the molecule is CNCc1cc(S(=O)(=O)N2CCCC(C)C2C)c(C)s1. The van der Waals surface area contributed by atoms with E-state index >= 15 is 0 Å². The number of aryl methyl sites for hydroxylation is 1. The maximum atomic E-state index is 12.9. The zero-order chi connectivity index (χ0) is 14.9. The number of nitrogens with zero attached hydrogens (tertiary/aromatic N) is 1. The maximum Gasteiger partial charge on any atom is 0.244 e. The van der Waals surface area contributed by atoms with Crippen molar-refractivity contribution in [2.45, 2.75) is 51.1 Å². The standard InChI is InChI=1S/C14H24N2O2S2/c1-10-6-5-7-16(11(10)2)20(17,18)14-8-13(9-15-4)19-12(14)3/h8,10-11,15H,5-7,9H2,1-4H3. The van der Waals surface area contributed by atoms with Crippen molar-refractivity contribution in [1.29, 1.82) is 0 Å². The van der Waals surface area contributed by atoms with Gasteiger partial charge in [0.25, 0.3) is 0 Å². The Morgan fingerprint density at radius 2 is 2.15 bits per heavy atom. The van der Waals surface area contributed by atoms with Crippen LogP contribution in [0.4, 0.5) is 0 Å². The highest BCUT2D eigenvalue weighted by atomic mass is 32.2. The number of thiophene rings is 1. The fourth-order valence-corrected chi connectivity index (χ4v) is 6.19. The molecular weight excluding hydrogens is 292 g/mol. The van der Waals surface area contributed by atoms with Crippen LogP contribution in [0.1, 0.15) is 36.4 Å². The third kappa shape index (κ3) is 2.93. The molecule has 0 amide bonds. The lowest BCUT2D eigenvalue weighted by atomic mass is 9.94. The van der Waals surface area contributed by atoms with Gasteiger partial charge in [0.2, 0.25) is 10.0 Å². The van der Waals surface area contributed by atoms with E-state index in [4.69, 9.17) is 0 Å². The van der Waals surface area contributed by atoms with E-state index in [0.29, 0.717) is 23.9 Å². The Kier molecular flexibility index (Phi) is 4.89. The molecule has 1 aromatic rings. The minimum Gasteiger partial charge on any atom is -0.315 e. The summed E-state index contributed by atoms with van der Waals surface area (Å²) in [6.45, 7) is 7.42. The van der Waals surface area contributed by atoms with Gasteiger partial charge >= 0.3 is 0 Å². The first kappa shape index (κ1) is 15.9. The van der Waals surface area contributed by atoms with Crippen molar-refractivity contribution in [3.8, 4) is 0 Å². The molecule has 1 fully saturated rings. The molecule has 1 aliphatic rings. The van der Waals surface area contributed by atoms with E-state index in [-0.39, 0.29) is 6.04 Å². The predicted molar refractivity (Wildman–Crippen MR) is 83.6 cm³/mol. The monoisotopic (exact) mass is 316 g/mol. The van der Waals surface area contributed by atoms with E-state index in [2.05, 4.69) is 12.2 Å². The summed E-state index contributed by atoms with van der Waals surface area (Å²) in [5, 5.41) is 3.07. The Morgan fingerprint density at radius 1 is 1.45 bits per heavy atom. The van der Waals surface area contributed by atoms with Crippen molar-refractivity contribution in [2.75, 3.05) is 13.6 Å². The van der Waals surface area contributed by atoms with Gasteiger partial charge in [-0.3, -0.25) is 0 Å². The zero-order valence-corrected chi connectivity index (χ0v) is 14.3. The van der Waals surface area contributed by atoms with E-state index in [1.54, 1.807) is 15.6 Å². The maximum absolute atomic E-state index is 12.9. The molecule has 0 bridgehead atoms. The summed E-state index contributed by atoms with van der Waals surface area (Å²) in [5.41, 5.74) is 0. The molecule has 1 aromatic heterocycles. The van der Waals surface area contributed by atoms with Crippen LogP contribution in [-0.2, 0) is 16.6 Å². The van der Waals surface area contributed by atoms with Crippen LogP contribution >= 0.6 is 11.3 Å². The molecule has 6 heteroatoms. The van der Waals surface area contributed by atoms with Crippen LogP contribution in [-0.4, -0.2) is 32.4 Å². The van der Waals surface area contributed by atoms with Gasteiger partial charge < -0.3 is 5.32 Å². The molecule has 2 rings (SSSR count). The quantitative estimate of drug-likeness (QED) is 0.929. The zero-order valence-electron chi connectivity index (χ0n) is 12.6. The molecule has 20 heavy (non-hydrogen) atoms. The number of hydrogen-bond donors (Lipinski definition) is 1. The summed E-state index contributed by atoms with van der Waals surface area (Å²) in [7, 11) is -1.48. The van der Waals surface area contributed by atoms with Crippen molar-refractivity contribution in [3.05, 3.63) is 15.8 Å². The van der Waals surface area contributed by atoms with Gasteiger partial charge in [0, 0.05) is 28.9 Å². The van der Waals surface area contributed by atoms with Gasteiger partial charge in [0.05, 0.1) is 4.90 Å². The fraction of sp³-hybridized carbons (Fsp3) is 0.714. The second kappa shape index (κ2) is 6.13. The van der Waals surface area contributed by atoms with Crippen molar-refractivity contribution in [1.82, 2.24) is 9.62 Å². The number of hydrogen-bond acceptors (Lipinski definition) is 4. The third-order valence-corrected chi connectivity index (χ3v) is 7.47. The number of rotatable bonds is 4. The van der Waals surface area contributed by atoms with Crippen LogP contribution in [0.3, 0.4) is 0 Å². The molecular formula is C14H24N2O2S2. The minimum atomic E-state index is -3.36. The Morgan fingerprint density at radius 3 is 2.80 bits per heavy atom. The first-order valence-electron chi connectivity index (χ1n) is 7.13. The number of sulfonamides is 1. The molecule has 2 heterocycles. The molecule has 1 saturated heterocycles. The minimum absolute atomic E-state index is 0.0841. The molecule has 0 saturated carbocycles. The van der Waals surface area contributed by atoms with Crippen LogP contribution in [0.2, 0.25) is 0 Å². The van der Waals surface area contributed by atoms with Gasteiger partial charge in [0.1, 0.15) is 0 Å². The first-order chi connectivity index (χ1) is 9.37. The Hall–Kier alpha value is -0.430. The normalized spacial score (nSPS) is 25.0. The first-order valence-corrected chi connectivity index (χ1v) is 9.39. The summed E-state index contributed by atoms with van der Waals surface area (Å²) >= 11 is 1.56. The van der Waals surface area contributed by atoms with Crippen LogP contribution in [0.25, 0.3) is 0 Å². The molecule has 0 radical (unpaired) electrons. The van der Waals surface area contributed by atoms with E-state index < -0.39 is 10.0 Å². The molecule has 1 N–H and O–H groups in total. The third-order valence-electron chi connectivity index (χ3n) is 4.18. The van der Waals surface area contributed by atoms with Gasteiger partial charge in [-0.05, 0) is 45.7 Å². The van der Waals surface area contributed by atoms with E-state index in [0.717, 1.165) is 22.6 Å². The average Bonchev–Trinajstić information content (AvgIpc) is 2.75. The lowest BCUT2D eigenvalue weighted by Crippen LogP contribution is -2.45. The van der Waals surface area contributed by atoms with Gasteiger partial charge in [0.15, 0.2) is 0 Å². The Labute approximate surface area is 126 Å². The van der Waals surface area contributed by atoms with Gasteiger partial charge in [-0.2, -0.15) is 4.31 Å². The van der Waals surface area contributed by atoms with Crippen molar-refractivity contribution in [3.63, 3.8) is 0 Å². The summed E-state index contributed by atoms with van der Waals surface area (Å²) in [6.07, 6.45) is 2.07. The van der Waals surface area contributed by atoms with Crippen molar-refractivity contribution in [2.24, 2.45) is 5.92 Å². The van der Waals surface area contributed by atoms with Crippen LogP contribution in [0.5, 0.6) is 0 Å². The molecule has 0 aromatic carbocycles. The molecule has 2 unspecified atom stereocenters. The highest BCUT2D eigenvalue weighted by molar-refractivity contribution is 7.89. The van der Waals surface area contributed by atoms with Crippen molar-refractivity contribution < 1.29 is 8.42 Å². The van der Waals surface area contributed by atoms with Crippen LogP contribution in [0.15, 0.2) is 11.0 Å². The Bertz CT molecular complexity index is 566. The summed E-state index contributed by atoms with van der Waals surface area (Å²) in [5.74, 6) is 0.425. The fourth-order valence-electron chi connectivity index (χ4n) is 2.80. The molecule has 0 aliphatic carbocycles. The second-order valence-corrected chi connectivity index (χ2v) is 8.84.